The maximum atomic E-state index is 13.1. The second kappa shape index (κ2) is 10.7. The highest BCUT2D eigenvalue weighted by Gasteiger charge is 2.16. The Hall–Kier alpha value is -3.80. The van der Waals surface area contributed by atoms with Crippen LogP contribution in [-0.4, -0.2) is 21.0 Å². The first-order valence-corrected chi connectivity index (χ1v) is 10.7. The van der Waals surface area contributed by atoms with Gasteiger partial charge in [0.05, 0.1) is 11.9 Å². The van der Waals surface area contributed by atoms with Crippen molar-refractivity contribution in [3.63, 3.8) is 0 Å². The third kappa shape index (κ3) is 6.84. The number of carbonyl (C=O) groups excluding carboxylic acids is 1. The lowest BCUT2D eigenvalue weighted by atomic mass is 9.84. The number of rotatable bonds is 9. The molecular formula is C27H28FN3O2. The summed E-state index contributed by atoms with van der Waals surface area (Å²) in [5.74, 6) is -0.566. The largest absolute Gasteiger partial charge is 0.422 e. The van der Waals surface area contributed by atoms with E-state index in [-0.39, 0.29) is 16.9 Å². The number of hydrogen-bond donors (Lipinski definition) is 0. The Kier molecular flexibility index (Phi) is 7.72. The predicted molar refractivity (Wildman–Crippen MR) is 129 cm³/mol. The number of halogens is 1. The fourth-order valence-electron chi connectivity index (χ4n) is 3.10. The zero-order valence-corrected chi connectivity index (χ0v) is 19.2. The summed E-state index contributed by atoms with van der Waals surface area (Å²) in [7, 11) is 0. The quantitative estimate of drug-likeness (QED) is 0.212. The molecule has 0 unspecified atom stereocenters. The maximum absolute atomic E-state index is 13.1. The van der Waals surface area contributed by atoms with Gasteiger partial charge in [-0.1, -0.05) is 54.1 Å². The average Bonchev–Trinajstić information content (AvgIpc) is 3.29. The molecule has 6 heteroatoms. The van der Waals surface area contributed by atoms with Crippen LogP contribution in [0.5, 0.6) is 5.75 Å². The molecule has 0 bridgehead atoms. The molecule has 0 fully saturated rings. The van der Waals surface area contributed by atoms with Gasteiger partial charge in [0.25, 0.3) is 0 Å². The number of allylic oxidation sites excluding steroid dienone is 4. The van der Waals surface area contributed by atoms with Crippen molar-refractivity contribution in [2.45, 2.75) is 33.6 Å². The summed E-state index contributed by atoms with van der Waals surface area (Å²) in [5.41, 5.74) is 2.85. The maximum Gasteiger partial charge on any atom is 0.365 e. The van der Waals surface area contributed by atoms with E-state index in [0.717, 1.165) is 18.4 Å². The van der Waals surface area contributed by atoms with Crippen molar-refractivity contribution in [2.24, 2.45) is 5.41 Å². The number of carbonyl (C=O) groups is 1. The molecule has 1 heterocycles. The molecule has 3 rings (SSSR count). The minimum Gasteiger partial charge on any atom is -0.422 e. The van der Waals surface area contributed by atoms with Crippen LogP contribution in [-0.2, 0) is 0 Å². The Morgan fingerprint density at radius 2 is 1.85 bits per heavy atom. The number of hydrogen-bond acceptors (Lipinski definition) is 4. The van der Waals surface area contributed by atoms with E-state index < -0.39 is 5.97 Å². The molecule has 5 nitrogen and oxygen atoms in total. The number of nitrogens with zero attached hydrogens (tertiary/aromatic N) is 3. The highest BCUT2D eigenvalue weighted by molar-refractivity contribution is 5.88. The Bertz CT molecular complexity index is 1160. The standard InChI is InChI=1S/C27H28FN3O2/c1-5-27(4,17-6-7-20(2)3)18-16-21-8-14-24(15-9-21)33-26(32)25-19-31(30-29-25)23-12-10-22(28)11-13-23/h5,7-16,18-19H,1,6,17H2,2-4H3/b18-16+/t27-/m1/s1. The first kappa shape index (κ1) is 23.9. The first-order valence-electron chi connectivity index (χ1n) is 10.7. The normalized spacial score (nSPS) is 12.8. The van der Waals surface area contributed by atoms with Crippen LogP contribution >= 0.6 is 0 Å². The fraction of sp³-hybridized carbons (Fsp3) is 0.222. The molecule has 2 aromatic carbocycles. The molecule has 1 aromatic heterocycles. The molecule has 0 saturated heterocycles. The third-order valence-corrected chi connectivity index (χ3v) is 5.24. The molecule has 0 aliphatic heterocycles. The lowest BCUT2D eigenvalue weighted by Crippen LogP contribution is -2.09. The van der Waals surface area contributed by atoms with Crippen LogP contribution in [0.1, 0.15) is 49.7 Å². The van der Waals surface area contributed by atoms with Crippen LogP contribution < -0.4 is 4.74 Å². The van der Waals surface area contributed by atoms with Crippen molar-refractivity contribution in [3.05, 3.63) is 102 Å². The Morgan fingerprint density at radius 3 is 2.48 bits per heavy atom. The molecule has 170 valence electrons. The molecule has 0 N–H and O–H groups in total. The van der Waals surface area contributed by atoms with Crippen LogP contribution in [0.25, 0.3) is 11.8 Å². The van der Waals surface area contributed by atoms with Gasteiger partial charge in [-0.2, -0.15) is 0 Å². The van der Waals surface area contributed by atoms with E-state index in [2.05, 4.69) is 49.8 Å². The van der Waals surface area contributed by atoms with Crippen molar-refractivity contribution >= 4 is 12.0 Å². The van der Waals surface area contributed by atoms with E-state index >= 15 is 0 Å². The molecule has 0 amide bonds. The minimum absolute atomic E-state index is 0.0569. The fourth-order valence-corrected chi connectivity index (χ4v) is 3.10. The van der Waals surface area contributed by atoms with E-state index in [1.54, 1.807) is 24.3 Å². The van der Waals surface area contributed by atoms with Gasteiger partial charge in [0.15, 0.2) is 5.69 Å². The molecule has 0 aliphatic carbocycles. The molecule has 1 atom stereocenters. The van der Waals surface area contributed by atoms with E-state index in [1.807, 2.05) is 24.3 Å². The number of aromatic nitrogens is 3. The van der Waals surface area contributed by atoms with E-state index in [9.17, 15) is 9.18 Å². The van der Waals surface area contributed by atoms with Gasteiger partial charge >= 0.3 is 5.97 Å². The summed E-state index contributed by atoms with van der Waals surface area (Å²) in [5, 5.41) is 7.75. The second-order valence-corrected chi connectivity index (χ2v) is 8.35. The Labute approximate surface area is 193 Å². The average molecular weight is 446 g/mol. The van der Waals surface area contributed by atoms with Crippen molar-refractivity contribution in [2.75, 3.05) is 0 Å². The summed E-state index contributed by atoms with van der Waals surface area (Å²) >= 11 is 0. The van der Waals surface area contributed by atoms with Crippen molar-refractivity contribution < 1.29 is 13.9 Å². The number of ether oxygens (including phenoxy) is 1. The topological polar surface area (TPSA) is 57.0 Å². The van der Waals surface area contributed by atoms with Crippen LogP contribution in [0.3, 0.4) is 0 Å². The van der Waals surface area contributed by atoms with Gasteiger partial charge in [-0.3, -0.25) is 0 Å². The van der Waals surface area contributed by atoms with Gasteiger partial charge in [-0.15, -0.1) is 11.7 Å². The summed E-state index contributed by atoms with van der Waals surface area (Å²) in [6.07, 6.45) is 11.8. The van der Waals surface area contributed by atoms with Gasteiger partial charge < -0.3 is 4.74 Å². The molecular weight excluding hydrogens is 417 g/mol. The Balaban J connectivity index is 1.61. The molecule has 3 aromatic rings. The van der Waals surface area contributed by atoms with Gasteiger partial charge in [-0.05, 0) is 68.7 Å². The minimum atomic E-state index is -0.620. The number of esters is 1. The van der Waals surface area contributed by atoms with Crippen LogP contribution in [0.15, 0.2) is 85.1 Å². The van der Waals surface area contributed by atoms with Gasteiger partial charge in [0.2, 0.25) is 0 Å². The van der Waals surface area contributed by atoms with E-state index in [1.165, 1.54) is 28.6 Å². The second-order valence-electron chi connectivity index (χ2n) is 8.35. The number of benzene rings is 2. The molecule has 0 saturated carbocycles. The van der Waals surface area contributed by atoms with E-state index in [4.69, 9.17) is 4.74 Å². The van der Waals surface area contributed by atoms with Crippen LogP contribution in [0.2, 0.25) is 0 Å². The van der Waals surface area contributed by atoms with Crippen LogP contribution in [0, 0.1) is 11.2 Å². The summed E-state index contributed by atoms with van der Waals surface area (Å²) in [6, 6.07) is 12.9. The van der Waals surface area contributed by atoms with Crippen molar-refractivity contribution in [1.29, 1.82) is 0 Å². The van der Waals surface area contributed by atoms with Gasteiger partial charge in [0.1, 0.15) is 11.6 Å². The third-order valence-electron chi connectivity index (χ3n) is 5.24. The van der Waals surface area contributed by atoms with Crippen LogP contribution in [0.4, 0.5) is 4.39 Å². The molecule has 0 aliphatic rings. The molecule has 33 heavy (non-hydrogen) atoms. The summed E-state index contributed by atoms with van der Waals surface area (Å²) in [4.78, 5) is 12.4. The zero-order valence-electron chi connectivity index (χ0n) is 19.2. The molecule has 0 spiro atoms. The van der Waals surface area contributed by atoms with Gasteiger partial charge in [0, 0.05) is 5.41 Å². The molecule has 0 radical (unpaired) electrons. The lowest BCUT2D eigenvalue weighted by molar-refractivity contribution is 0.0728. The monoisotopic (exact) mass is 445 g/mol. The summed E-state index contributed by atoms with van der Waals surface area (Å²) < 4.78 is 19.9. The lowest BCUT2D eigenvalue weighted by Gasteiger charge is -2.20. The summed E-state index contributed by atoms with van der Waals surface area (Å²) in [6.45, 7) is 10.3. The van der Waals surface area contributed by atoms with Crippen molar-refractivity contribution in [3.8, 4) is 11.4 Å². The SMILES string of the molecule is C=C[C@@](C)(/C=C/c1ccc(OC(=O)c2cn(-c3ccc(F)cc3)nn2)cc1)CCC=C(C)C. The predicted octanol–water partition coefficient (Wildman–Crippen LogP) is 6.58. The highest BCUT2D eigenvalue weighted by Crippen LogP contribution is 2.28. The zero-order chi connectivity index (χ0) is 23.8. The van der Waals surface area contributed by atoms with Gasteiger partial charge in [-0.25, -0.2) is 13.9 Å². The van der Waals surface area contributed by atoms with E-state index in [0.29, 0.717) is 11.4 Å². The smallest absolute Gasteiger partial charge is 0.365 e. The highest BCUT2D eigenvalue weighted by atomic mass is 19.1. The first-order chi connectivity index (χ1) is 15.8. The Morgan fingerprint density at radius 1 is 1.15 bits per heavy atom. The van der Waals surface area contributed by atoms with Crippen molar-refractivity contribution in [1.82, 2.24) is 15.0 Å².